The number of rotatable bonds is 9. The van der Waals surface area contributed by atoms with Crippen molar-refractivity contribution in [2.45, 2.75) is 51.5 Å². The van der Waals surface area contributed by atoms with Gasteiger partial charge in [-0.15, -0.1) is 0 Å². The fraction of sp³-hybridized carbons (Fsp3) is 0.400. The molecule has 0 amide bonds. The number of nitrogens with one attached hydrogen (secondary N) is 2. The van der Waals surface area contributed by atoms with Gasteiger partial charge in [-0.3, -0.25) is 19.9 Å². The summed E-state index contributed by atoms with van der Waals surface area (Å²) in [5.41, 5.74) is 2.18. The predicted molar refractivity (Wildman–Crippen MR) is 126 cm³/mol. The number of nitro groups is 1. The Bertz CT molecular complexity index is 1110. The van der Waals surface area contributed by atoms with Crippen molar-refractivity contribution in [2.24, 2.45) is 5.41 Å². The molecular formula is C25H28N4O5. The maximum Gasteiger partial charge on any atom is 0.328 e. The van der Waals surface area contributed by atoms with Crippen molar-refractivity contribution in [1.82, 2.24) is 10.3 Å². The second-order valence-electron chi connectivity index (χ2n) is 8.69. The van der Waals surface area contributed by atoms with Gasteiger partial charge in [-0.1, -0.05) is 31.4 Å². The summed E-state index contributed by atoms with van der Waals surface area (Å²) in [5.74, 6) is -0.207. The van der Waals surface area contributed by atoms with Crippen LogP contribution in [0.2, 0.25) is 0 Å². The number of allylic oxidation sites excluding steroid dienone is 2. The van der Waals surface area contributed by atoms with Gasteiger partial charge in [0.25, 0.3) is 0 Å². The third-order valence-corrected chi connectivity index (χ3v) is 6.54. The van der Waals surface area contributed by atoms with Crippen LogP contribution in [0.1, 0.15) is 44.6 Å². The molecule has 1 aromatic carbocycles. The van der Waals surface area contributed by atoms with Crippen LogP contribution in [0, 0.1) is 15.5 Å². The van der Waals surface area contributed by atoms with E-state index in [0.29, 0.717) is 17.8 Å². The summed E-state index contributed by atoms with van der Waals surface area (Å²) in [7, 11) is 0. The van der Waals surface area contributed by atoms with E-state index >= 15 is 0 Å². The molecule has 0 bridgehead atoms. The Morgan fingerprint density at radius 1 is 1.21 bits per heavy atom. The lowest BCUT2D eigenvalue weighted by Gasteiger charge is -2.44. The highest BCUT2D eigenvalue weighted by molar-refractivity contribution is 6.05. The summed E-state index contributed by atoms with van der Waals surface area (Å²) >= 11 is 0. The molecular weight excluding hydrogens is 436 g/mol. The molecule has 0 radical (unpaired) electrons. The van der Waals surface area contributed by atoms with Gasteiger partial charge in [-0.25, -0.2) is 4.79 Å². The molecule has 1 heterocycles. The minimum atomic E-state index is -0.613. The van der Waals surface area contributed by atoms with E-state index in [0.717, 1.165) is 43.4 Å². The van der Waals surface area contributed by atoms with Gasteiger partial charge in [0.1, 0.15) is 17.9 Å². The van der Waals surface area contributed by atoms with E-state index in [1.54, 1.807) is 31.2 Å². The molecule has 2 aromatic rings. The normalized spacial score (nSPS) is 17.3. The Morgan fingerprint density at radius 3 is 2.59 bits per heavy atom. The number of esters is 1. The number of aromatic nitrogens is 1. The van der Waals surface area contributed by atoms with E-state index in [1.807, 2.05) is 12.1 Å². The molecule has 1 saturated carbocycles. The van der Waals surface area contributed by atoms with Gasteiger partial charge in [-0.05, 0) is 43.5 Å². The van der Waals surface area contributed by atoms with Crippen LogP contribution in [0.4, 0.5) is 17.1 Å². The number of anilines is 2. The number of nitrogens with zero attached hydrogens (tertiary/aromatic N) is 2. The standard InChI is InChI=1S/C25H28N4O5/c1-2-34-24(31)20(28-22-15-23(30)25(22)11-4-3-5-12-25)14-17-6-8-18(9-7-17)27-19-10-13-26-16-21(19)29(32)33/h6-10,13,15-16,20,28H,2-5,11-12,14H2,1H3,(H,26,27)/t20-/m0/s1. The highest BCUT2D eigenvalue weighted by Gasteiger charge is 2.49. The monoisotopic (exact) mass is 464 g/mol. The van der Waals surface area contributed by atoms with Gasteiger partial charge in [0, 0.05) is 30.1 Å². The van der Waals surface area contributed by atoms with Crippen LogP contribution in [0.3, 0.4) is 0 Å². The third-order valence-electron chi connectivity index (χ3n) is 6.54. The van der Waals surface area contributed by atoms with Crippen LogP contribution in [0.25, 0.3) is 0 Å². The van der Waals surface area contributed by atoms with Gasteiger partial charge >= 0.3 is 11.7 Å². The molecule has 9 heteroatoms. The van der Waals surface area contributed by atoms with Crippen molar-refractivity contribution >= 4 is 28.8 Å². The number of hydrogen-bond acceptors (Lipinski definition) is 8. The highest BCUT2D eigenvalue weighted by atomic mass is 16.6. The minimum absolute atomic E-state index is 0.113. The molecule has 1 spiro atoms. The number of benzene rings is 1. The fourth-order valence-corrected chi connectivity index (χ4v) is 4.69. The first kappa shape index (κ1) is 23.4. The first-order valence-electron chi connectivity index (χ1n) is 11.6. The lowest BCUT2D eigenvalue weighted by molar-refractivity contribution is -0.384. The van der Waals surface area contributed by atoms with Crippen molar-refractivity contribution in [2.75, 3.05) is 11.9 Å². The quantitative estimate of drug-likeness (QED) is 0.321. The molecule has 4 rings (SSSR count). The molecule has 1 fully saturated rings. The average Bonchev–Trinajstić information content (AvgIpc) is 2.85. The Kier molecular flexibility index (Phi) is 6.90. The van der Waals surface area contributed by atoms with E-state index in [1.165, 1.54) is 12.4 Å². The third kappa shape index (κ3) is 4.78. The Morgan fingerprint density at radius 2 is 1.94 bits per heavy atom. The molecule has 2 aliphatic rings. The molecule has 0 aliphatic heterocycles. The van der Waals surface area contributed by atoms with Gasteiger partial charge in [0.05, 0.1) is 16.9 Å². The topological polar surface area (TPSA) is 123 Å². The summed E-state index contributed by atoms with van der Waals surface area (Å²) in [4.78, 5) is 39.6. The number of carbonyl (C=O) groups is 2. The lowest BCUT2D eigenvalue weighted by atomic mass is 9.62. The van der Waals surface area contributed by atoms with Gasteiger partial charge < -0.3 is 15.4 Å². The zero-order valence-corrected chi connectivity index (χ0v) is 19.1. The number of pyridine rings is 1. The van der Waals surface area contributed by atoms with E-state index < -0.39 is 16.4 Å². The summed E-state index contributed by atoms with van der Waals surface area (Å²) < 4.78 is 5.29. The second kappa shape index (κ2) is 10.0. The second-order valence-corrected chi connectivity index (χ2v) is 8.69. The first-order chi connectivity index (χ1) is 16.4. The van der Waals surface area contributed by atoms with E-state index in [4.69, 9.17) is 4.74 Å². The highest BCUT2D eigenvalue weighted by Crippen LogP contribution is 2.48. The molecule has 1 atom stereocenters. The fourth-order valence-electron chi connectivity index (χ4n) is 4.69. The molecule has 9 nitrogen and oxygen atoms in total. The number of ether oxygens (including phenoxy) is 1. The molecule has 1 aromatic heterocycles. The summed E-state index contributed by atoms with van der Waals surface area (Å²) in [5, 5.41) is 17.6. The molecule has 2 N–H and O–H groups in total. The van der Waals surface area contributed by atoms with Crippen LogP contribution in [0.5, 0.6) is 0 Å². The maximum absolute atomic E-state index is 12.7. The average molecular weight is 465 g/mol. The van der Waals surface area contributed by atoms with E-state index in [-0.39, 0.29) is 24.0 Å². The summed E-state index contributed by atoms with van der Waals surface area (Å²) in [6.07, 6.45) is 9.49. The van der Waals surface area contributed by atoms with Gasteiger partial charge in [0.15, 0.2) is 5.78 Å². The van der Waals surface area contributed by atoms with Crippen molar-refractivity contribution < 1.29 is 19.2 Å². The Balaban J connectivity index is 1.47. The minimum Gasteiger partial charge on any atom is -0.464 e. The van der Waals surface area contributed by atoms with Crippen LogP contribution >= 0.6 is 0 Å². The SMILES string of the molecule is CCOC(=O)[C@H](Cc1ccc(Nc2ccncc2[N+](=O)[O-])cc1)NC1=CC(=O)C12CCCCC2. The molecule has 2 aliphatic carbocycles. The largest absolute Gasteiger partial charge is 0.464 e. The molecule has 178 valence electrons. The van der Waals surface area contributed by atoms with Crippen molar-refractivity contribution in [3.8, 4) is 0 Å². The van der Waals surface area contributed by atoms with E-state index in [9.17, 15) is 19.7 Å². The van der Waals surface area contributed by atoms with Crippen molar-refractivity contribution in [3.63, 3.8) is 0 Å². The maximum atomic E-state index is 12.7. The van der Waals surface area contributed by atoms with Gasteiger partial charge in [0.2, 0.25) is 0 Å². The zero-order valence-electron chi connectivity index (χ0n) is 19.1. The number of hydrogen-bond donors (Lipinski definition) is 2. The number of ketones is 1. The van der Waals surface area contributed by atoms with Gasteiger partial charge in [-0.2, -0.15) is 0 Å². The molecule has 34 heavy (non-hydrogen) atoms. The first-order valence-corrected chi connectivity index (χ1v) is 11.6. The molecule has 0 unspecified atom stereocenters. The van der Waals surface area contributed by atoms with Crippen molar-refractivity contribution in [3.05, 3.63) is 70.2 Å². The number of carbonyl (C=O) groups excluding carboxylic acids is 2. The Labute approximate surface area is 197 Å². The summed E-state index contributed by atoms with van der Waals surface area (Å²) in [6, 6.07) is 8.26. The van der Waals surface area contributed by atoms with Crippen LogP contribution in [-0.4, -0.2) is 34.3 Å². The Hall–Kier alpha value is -3.75. The van der Waals surface area contributed by atoms with Crippen LogP contribution in [0.15, 0.2) is 54.5 Å². The predicted octanol–water partition coefficient (Wildman–Crippen LogP) is 4.21. The van der Waals surface area contributed by atoms with E-state index in [2.05, 4.69) is 15.6 Å². The van der Waals surface area contributed by atoms with Crippen LogP contribution < -0.4 is 10.6 Å². The molecule has 0 saturated heterocycles. The lowest BCUT2D eigenvalue weighted by Crippen LogP contribution is -2.52. The smallest absolute Gasteiger partial charge is 0.328 e. The van der Waals surface area contributed by atoms with Crippen LogP contribution in [-0.2, 0) is 20.7 Å². The van der Waals surface area contributed by atoms with Crippen molar-refractivity contribution in [1.29, 1.82) is 0 Å². The summed E-state index contributed by atoms with van der Waals surface area (Å²) in [6.45, 7) is 2.04. The zero-order chi connectivity index (χ0) is 24.1.